The summed E-state index contributed by atoms with van der Waals surface area (Å²) in [5.41, 5.74) is 11.8. The fraction of sp³-hybridized carbons (Fsp3) is 0. The lowest BCUT2D eigenvalue weighted by atomic mass is 9.99. The SMILES string of the molecule is N#Cc1ccccc1-c1nc(-c2ccccc2)nc(-c2cccc(-c3ccc(-c4cc(-c5ccccc5)nc(-c5cccc(-c6ccccc6)c5)n4)cc3)c2)n1. The van der Waals surface area contributed by atoms with Crippen LogP contribution >= 0.6 is 0 Å². The third kappa shape index (κ3) is 7.08. The van der Waals surface area contributed by atoms with Gasteiger partial charge in [0.25, 0.3) is 0 Å². The van der Waals surface area contributed by atoms with Crippen molar-refractivity contribution in [2.75, 3.05) is 0 Å². The maximum Gasteiger partial charge on any atom is 0.165 e. The van der Waals surface area contributed by atoms with E-state index < -0.39 is 0 Å². The molecular formula is C50H32N6. The third-order valence-corrected chi connectivity index (χ3v) is 9.61. The molecule has 0 fully saturated rings. The Morgan fingerprint density at radius 3 is 1.27 bits per heavy atom. The van der Waals surface area contributed by atoms with Crippen LogP contribution in [-0.4, -0.2) is 24.9 Å². The van der Waals surface area contributed by atoms with Crippen molar-refractivity contribution >= 4 is 0 Å². The molecule has 6 heteroatoms. The fourth-order valence-corrected chi connectivity index (χ4v) is 6.74. The molecule has 6 nitrogen and oxygen atoms in total. The first kappa shape index (κ1) is 33.9. The van der Waals surface area contributed by atoms with E-state index in [2.05, 4.69) is 109 Å². The fourth-order valence-electron chi connectivity index (χ4n) is 6.74. The average Bonchev–Trinajstić information content (AvgIpc) is 3.29. The van der Waals surface area contributed by atoms with E-state index in [9.17, 15) is 5.26 Å². The molecule has 0 aliphatic rings. The van der Waals surface area contributed by atoms with Gasteiger partial charge in [-0.1, -0.05) is 164 Å². The second kappa shape index (κ2) is 15.2. The normalized spacial score (nSPS) is 10.8. The van der Waals surface area contributed by atoms with Gasteiger partial charge >= 0.3 is 0 Å². The van der Waals surface area contributed by atoms with Crippen molar-refractivity contribution in [2.24, 2.45) is 0 Å². The van der Waals surface area contributed by atoms with E-state index in [4.69, 9.17) is 24.9 Å². The predicted octanol–water partition coefficient (Wildman–Crippen LogP) is 11.9. The van der Waals surface area contributed by atoms with E-state index in [1.165, 1.54) is 0 Å². The Morgan fingerprint density at radius 1 is 0.286 bits per heavy atom. The number of nitrogens with zero attached hydrogens (tertiary/aromatic N) is 6. The van der Waals surface area contributed by atoms with Crippen LogP contribution in [0.5, 0.6) is 0 Å². The number of nitriles is 1. The Balaban J connectivity index is 1.08. The van der Waals surface area contributed by atoms with Crippen LogP contribution in [0.25, 0.3) is 90.3 Å². The maximum atomic E-state index is 9.86. The van der Waals surface area contributed by atoms with Gasteiger partial charge in [-0.2, -0.15) is 5.26 Å². The second-order valence-corrected chi connectivity index (χ2v) is 13.3. The van der Waals surface area contributed by atoms with E-state index in [1.807, 2.05) is 84.9 Å². The smallest absolute Gasteiger partial charge is 0.165 e. The molecule has 0 amide bonds. The van der Waals surface area contributed by atoms with Crippen LogP contribution in [0.3, 0.4) is 0 Å². The van der Waals surface area contributed by atoms with Crippen molar-refractivity contribution in [3.8, 4) is 96.4 Å². The van der Waals surface area contributed by atoms with Gasteiger partial charge in [-0.15, -0.1) is 0 Å². The first-order chi connectivity index (χ1) is 27.7. The van der Waals surface area contributed by atoms with E-state index in [0.717, 1.165) is 61.5 Å². The third-order valence-electron chi connectivity index (χ3n) is 9.61. The summed E-state index contributed by atoms with van der Waals surface area (Å²) in [5.74, 6) is 2.18. The number of hydrogen-bond donors (Lipinski definition) is 0. The molecule has 0 radical (unpaired) electrons. The lowest BCUT2D eigenvalue weighted by Crippen LogP contribution is -2.01. The molecule has 0 aliphatic heterocycles. The second-order valence-electron chi connectivity index (χ2n) is 13.3. The molecule has 7 aromatic carbocycles. The van der Waals surface area contributed by atoms with Crippen LogP contribution in [0, 0.1) is 11.3 Å². The average molecular weight is 717 g/mol. The zero-order valence-corrected chi connectivity index (χ0v) is 30.2. The summed E-state index contributed by atoms with van der Waals surface area (Å²) in [4.78, 5) is 24.8. The standard InChI is InChI=1S/C50H32N6/c51-33-43-20-10-11-25-44(43)50-55-47(38-18-8-3-9-19-38)54-49(56-50)42-24-13-22-40(31-42)35-26-28-37(29-27-35)46-32-45(36-16-6-2-7-17-36)52-48(53-46)41-23-12-21-39(30-41)34-14-4-1-5-15-34/h1-32H. The highest BCUT2D eigenvalue weighted by Gasteiger charge is 2.16. The largest absolute Gasteiger partial charge is 0.228 e. The molecule has 0 aliphatic carbocycles. The Kier molecular flexibility index (Phi) is 9.23. The van der Waals surface area contributed by atoms with Crippen molar-refractivity contribution in [1.29, 1.82) is 5.26 Å². The molecule has 0 saturated heterocycles. The van der Waals surface area contributed by atoms with Gasteiger partial charge in [-0.05, 0) is 52.6 Å². The minimum atomic E-state index is 0.451. The molecule has 0 unspecified atom stereocenters. The Bertz CT molecular complexity index is 2850. The van der Waals surface area contributed by atoms with E-state index in [0.29, 0.717) is 34.4 Å². The van der Waals surface area contributed by atoms with Gasteiger partial charge in [0.1, 0.15) is 0 Å². The van der Waals surface area contributed by atoms with Gasteiger partial charge in [0.2, 0.25) is 0 Å². The zero-order valence-electron chi connectivity index (χ0n) is 30.2. The van der Waals surface area contributed by atoms with Crippen molar-refractivity contribution in [3.63, 3.8) is 0 Å². The molecule has 0 saturated carbocycles. The van der Waals surface area contributed by atoms with Crippen LogP contribution in [0.1, 0.15) is 5.56 Å². The first-order valence-corrected chi connectivity index (χ1v) is 18.3. The molecule has 0 spiro atoms. The molecule has 262 valence electrons. The molecule has 0 atom stereocenters. The van der Waals surface area contributed by atoms with E-state index >= 15 is 0 Å². The van der Waals surface area contributed by atoms with Crippen molar-refractivity contribution < 1.29 is 0 Å². The minimum Gasteiger partial charge on any atom is -0.228 e. The van der Waals surface area contributed by atoms with Gasteiger partial charge in [0.05, 0.1) is 23.0 Å². The van der Waals surface area contributed by atoms with E-state index in [-0.39, 0.29) is 0 Å². The van der Waals surface area contributed by atoms with Gasteiger partial charge < -0.3 is 0 Å². The molecule has 0 N–H and O–H groups in total. The summed E-state index contributed by atoms with van der Waals surface area (Å²) in [6, 6.07) is 67.2. The predicted molar refractivity (Wildman–Crippen MR) is 224 cm³/mol. The highest BCUT2D eigenvalue weighted by Crippen LogP contribution is 2.33. The molecular weight excluding hydrogens is 685 g/mol. The topological polar surface area (TPSA) is 88.2 Å². The highest BCUT2D eigenvalue weighted by atomic mass is 15.0. The van der Waals surface area contributed by atoms with Crippen LogP contribution < -0.4 is 0 Å². The lowest BCUT2D eigenvalue weighted by molar-refractivity contribution is 1.07. The van der Waals surface area contributed by atoms with Crippen LogP contribution in [0.15, 0.2) is 194 Å². The summed E-state index contributed by atoms with van der Waals surface area (Å²) < 4.78 is 0. The monoisotopic (exact) mass is 716 g/mol. The van der Waals surface area contributed by atoms with Crippen molar-refractivity contribution in [3.05, 3.63) is 200 Å². The molecule has 2 aromatic heterocycles. The minimum absolute atomic E-state index is 0.451. The zero-order chi connectivity index (χ0) is 37.7. The van der Waals surface area contributed by atoms with Crippen molar-refractivity contribution in [1.82, 2.24) is 24.9 Å². The molecule has 56 heavy (non-hydrogen) atoms. The summed E-state index contributed by atoms with van der Waals surface area (Å²) in [7, 11) is 0. The van der Waals surface area contributed by atoms with Gasteiger partial charge in [-0.3, -0.25) is 0 Å². The summed E-state index contributed by atoms with van der Waals surface area (Å²) in [6.07, 6.45) is 0. The van der Waals surface area contributed by atoms with Crippen LogP contribution in [0.2, 0.25) is 0 Å². The Labute approximate surface area is 325 Å². The maximum absolute atomic E-state index is 9.86. The number of hydrogen-bond acceptors (Lipinski definition) is 6. The molecule has 2 heterocycles. The lowest BCUT2D eigenvalue weighted by Gasteiger charge is -2.12. The van der Waals surface area contributed by atoms with Crippen molar-refractivity contribution in [2.45, 2.75) is 0 Å². The Morgan fingerprint density at radius 2 is 0.679 bits per heavy atom. The Hall–Kier alpha value is -7.88. The number of rotatable bonds is 8. The summed E-state index contributed by atoms with van der Waals surface area (Å²) in [5, 5.41) is 9.86. The quantitative estimate of drug-likeness (QED) is 0.156. The molecule has 0 bridgehead atoms. The summed E-state index contributed by atoms with van der Waals surface area (Å²) in [6.45, 7) is 0. The van der Waals surface area contributed by atoms with Gasteiger partial charge in [-0.25, -0.2) is 24.9 Å². The van der Waals surface area contributed by atoms with E-state index in [1.54, 1.807) is 6.07 Å². The van der Waals surface area contributed by atoms with Gasteiger partial charge in [0, 0.05) is 33.4 Å². The number of benzene rings is 7. The molecule has 9 rings (SSSR count). The first-order valence-electron chi connectivity index (χ1n) is 18.3. The van der Waals surface area contributed by atoms with Gasteiger partial charge in [0.15, 0.2) is 23.3 Å². The van der Waals surface area contributed by atoms with Crippen LogP contribution in [-0.2, 0) is 0 Å². The number of aromatic nitrogens is 5. The highest BCUT2D eigenvalue weighted by molar-refractivity contribution is 5.78. The molecule has 9 aromatic rings. The summed E-state index contributed by atoms with van der Waals surface area (Å²) >= 11 is 0. The van der Waals surface area contributed by atoms with Crippen LogP contribution in [0.4, 0.5) is 0 Å².